The van der Waals surface area contributed by atoms with E-state index >= 15 is 0 Å². The summed E-state index contributed by atoms with van der Waals surface area (Å²) in [5.41, 5.74) is 0. The average Bonchev–Trinajstić information content (AvgIpc) is 2.93. The van der Waals surface area contributed by atoms with Crippen molar-refractivity contribution in [1.82, 2.24) is 14.1 Å². The summed E-state index contributed by atoms with van der Waals surface area (Å²) in [5.74, 6) is -0.549. The van der Waals surface area contributed by atoms with Gasteiger partial charge in [-0.1, -0.05) is 6.07 Å². The molecule has 2 heterocycles. The second-order valence-electron chi connectivity index (χ2n) is 5.50. The fourth-order valence-corrected chi connectivity index (χ4v) is 4.37. The Morgan fingerprint density at radius 2 is 1.91 bits per heavy atom. The normalized spacial score (nSPS) is 20.7. The molecule has 23 heavy (non-hydrogen) atoms. The molecule has 0 aromatic heterocycles. The number of rotatable bonds is 4. The highest BCUT2D eigenvalue weighted by Gasteiger charge is 2.30. The molecule has 0 atom stereocenters. The molecule has 9 heteroatoms. The van der Waals surface area contributed by atoms with Crippen LogP contribution in [0.2, 0.25) is 0 Å². The summed E-state index contributed by atoms with van der Waals surface area (Å²) < 4.78 is 45.0. The summed E-state index contributed by atoms with van der Waals surface area (Å²) in [7, 11) is -3.64. The van der Waals surface area contributed by atoms with Crippen LogP contribution in [0, 0.1) is 5.82 Å². The van der Waals surface area contributed by atoms with Crippen LogP contribution in [0.25, 0.3) is 0 Å². The summed E-state index contributed by atoms with van der Waals surface area (Å²) in [4.78, 5) is 4.10. The van der Waals surface area contributed by atoms with Crippen LogP contribution in [0.3, 0.4) is 0 Å². The lowest BCUT2D eigenvalue weighted by Gasteiger charge is -2.35. The zero-order valence-electron chi connectivity index (χ0n) is 12.5. The molecular formula is C14H18FN3O3S2. The van der Waals surface area contributed by atoms with E-state index in [1.54, 1.807) is 0 Å². The molecule has 2 aliphatic rings. The Bertz CT molecular complexity index is 690. The molecule has 0 radical (unpaired) electrons. The Kier molecular flexibility index (Phi) is 4.81. The summed E-state index contributed by atoms with van der Waals surface area (Å²) in [6.45, 7) is 3.97. The molecule has 2 fully saturated rings. The number of benzene rings is 1. The number of halogens is 1. The van der Waals surface area contributed by atoms with Crippen molar-refractivity contribution in [1.29, 1.82) is 0 Å². The maximum atomic E-state index is 13.3. The van der Waals surface area contributed by atoms with Gasteiger partial charge in [0, 0.05) is 26.2 Å². The third-order valence-electron chi connectivity index (χ3n) is 3.98. The third-order valence-corrected chi connectivity index (χ3v) is 6.25. The first-order valence-corrected chi connectivity index (χ1v) is 9.21. The van der Waals surface area contributed by atoms with E-state index in [9.17, 15) is 12.8 Å². The minimum absolute atomic E-state index is 0.0000655. The summed E-state index contributed by atoms with van der Waals surface area (Å²) >= 11 is 5.10. The van der Waals surface area contributed by atoms with E-state index in [1.165, 1.54) is 22.5 Å². The second kappa shape index (κ2) is 6.68. The van der Waals surface area contributed by atoms with Crippen molar-refractivity contribution < 1.29 is 17.5 Å². The highest BCUT2D eigenvalue weighted by molar-refractivity contribution is 7.89. The van der Waals surface area contributed by atoms with E-state index < -0.39 is 15.8 Å². The number of thiocarbonyl (C=S) groups is 1. The molecule has 0 saturated carbocycles. The number of sulfonamides is 1. The van der Waals surface area contributed by atoms with E-state index in [-0.39, 0.29) is 4.90 Å². The van der Waals surface area contributed by atoms with E-state index in [4.69, 9.17) is 17.0 Å². The lowest BCUT2D eigenvalue weighted by molar-refractivity contribution is 0.142. The van der Waals surface area contributed by atoms with E-state index in [2.05, 4.69) is 4.90 Å². The predicted molar refractivity (Wildman–Crippen MR) is 86.9 cm³/mol. The van der Waals surface area contributed by atoms with Crippen LogP contribution in [0.4, 0.5) is 4.39 Å². The SMILES string of the molecule is O=S(=O)(c1cccc(F)c1)N1CCN(CN2CCOC2=S)CC1. The standard InChI is InChI=1S/C14H18FN3O3S2/c15-12-2-1-3-13(10-12)23(19,20)18-6-4-16(5-7-18)11-17-8-9-21-14(17)22/h1-3,10H,4-9,11H2. The Morgan fingerprint density at radius 3 is 2.52 bits per heavy atom. The number of nitrogens with zero attached hydrogens (tertiary/aromatic N) is 3. The molecule has 3 rings (SSSR count). The monoisotopic (exact) mass is 359 g/mol. The highest BCUT2D eigenvalue weighted by Crippen LogP contribution is 2.18. The minimum Gasteiger partial charge on any atom is -0.469 e. The third kappa shape index (κ3) is 3.63. The number of piperazine rings is 1. The van der Waals surface area contributed by atoms with Gasteiger partial charge in [0.25, 0.3) is 5.17 Å². The van der Waals surface area contributed by atoms with Crippen LogP contribution >= 0.6 is 12.2 Å². The van der Waals surface area contributed by atoms with Crippen molar-refractivity contribution in [3.05, 3.63) is 30.1 Å². The number of hydrogen-bond acceptors (Lipinski definition) is 5. The number of hydrogen-bond donors (Lipinski definition) is 0. The number of ether oxygens (including phenoxy) is 1. The highest BCUT2D eigenvalue weighted by atomic mass is 32.2. The maximum absolute atomic E-state index is 13.3. The zero-order chi connectivity index (χ0) is 16.4. The van der Waals surface area contributed by atoms with Crippen molar-refractivity contribution in [2.24, 2.45) is 0 Å². The molecule has 0 amide bonds. The van der Waals surface area contributed by atoms with Crippen LogP contribution in [-0.2, 0) is 14.8 Å². The fraction of sp³-hybridized carbons (Fsp3) is 0.500. The summed E-state index contributed by atoms with van der Waals surface area (Å²) in [6, 6.07) is 5.12. The van der Waals surface area contributed by atoms with Gasteiger partial charge in [-0.2, -0.15) is 4.31 Å². The molecule has 0 spiro atoms. The van der Waals surface area contributed by atoms with Crippen LogP contribution in [0.15, 0.2) is 29.2 Å². The Hall–Kier alpha value is -1.29. The maximum Gasteiger partial charge on any atom is 0.260 e. The zero-order valence-corrected chi connectivity index (χ0v) is 14.2. The molecule has 2 saturated heterocycles. The van der Waals surface area contributed by atoms with Gasteiger partial charge in [0.05, 0.1) is 18.1 Å². The van der Waals surface area contributed by atoms with Gasteiger partial charge < -0.3 is 9.64 Å². The van der Waals surface area contributed by atoms with Crippen molar-refractivity contribution >= 4 is 27.4 Å². The fourth-order valence-electron chi connectivity index (χ4n) is 2.68. The molecule has 0 N–H and O–H groups in total. The molecule has 0 unspecified atom stereocenters. The van der Waals surface area contributed by atoms with Gasteiger partial charge in [-0.25, -0.2) is 12.8 Å². The Morgan fingerprint density at radius 1 is 1.17 bits per heavy atom. The van der Waals surface area contributed by atoms with Crippen LogP contribution in [-0.4, -0.2) is 73.7 Å². The second-order valence-corrected chi connectivity index (χ2v) is 7.79. The van der Waals surface area contributed by atoms with Gasteiger partial charge >= 0.3 is 0 Å². The van der Waals surface area contributed by atoms with Crippen molar-refractivity contribution in [2.45, 2.75) is 4.90 Å². The molecule has 1 aromatic rings. The lowest BCUT2D eigenvalue weighted by atomic mass is 10.3. The van der Waals surface area contributed by atoms with Gasteiger partial charge in [0.2, 0.25) is 10.0 Å². The molecule has 2 aliphatic heterocycles. The van der Waals surface area contributed by atoms with Gasteiger partial charge in [0.15, 0.2) is 0 Å². The Labute approximate surface area is 140 Å². The first kappa shape index (κ1) is 16.6. The quantitative estimate of drug-likeness (QED) is 0.738. The molecular weight excluding hydrogens is 341 g/mol. The van der Waals surface area contributed by atoms with Crippen LogP contribution < -0.4 is 0 Å². The first-order chi connectivity index (χ1) is 11.0. The molecule has 0 aliphatic carbocycles. The smallest absolute Gasteiger partial charge is 0.260 e. The average molecular weight is 359 g/mol. The van der Waals surface area contributed by atoms with Crippen molar-refractivity contribution in [3.8, 4) is 0 Å². The summed E-state index contributed by atoms with van der Waals surface area (Å²) in [6.07, 6.45) is 0. The molecule has 6 nitrogen and oxygen atoms in total. The molecule has 1 aromatic carbocycles. The summed E-state index contributed by atoms with van der Waals surface area (Å²) in [5, 5.41) is 0.500. The van der Waals surface area contributed by atoms with E-state index in [0.717, 1.165) is 12.6 Å². The topological polar surface area (TPSA) is 53.1 Å². The van der Waals surface area contributed by atoms with Gasteiger partial charge in [0.1, 0.15) is 12.4 Å². The van der Waals surface area contributed by atoms with Gasteiger partial charge in [-0.3, -0.25) is 4.90 Å². The van der Waals surface area contributed by atoms with Gasteiger partial charge in [-0.15, -0.1) is 0 Å². The van der Waals surface area contributed by atoms with Crippen molar-refractivity contribution in [2.75, 3.05) is 46.0 Å². The van der Waals surface area contributed by atoms with E-state index in [1.807, 2.05) is 4.90 Å². The lowest BCUT2D eigenvalue weighted by Crippen LogP contribution is -2.51. The first-order valence-electron chi connectivity index (χ1n) is 7.36. The minimum atomic E-state index is -3.64. The van der Waals surface area contributed by atoms with Crippen LogP contribution in [0.1, 0.15) is 0 Å². The van der Waals surface area contributed by atoms with Crippen molar-refractivity contribution in [3.63, 3.8) is 0 Å². The molecule has 0 bridgehead atoms. The molecule has 126 valence electrons. The van der Waals surface area contributed by atoms with Gasteiger partial charge in [-0.05, 0) is 30.4 Å². The largest absolute Gasteiger partial charge is 0.469 e. The van der Waals surface area contributed by atoms with E-state index in [0.29, 0.717) is 44.6 Å². The van der Waals surface area contributed by atoms with Crippen LogP contribution in [0.5, 0.6) is 0 Å². The Balaban J connectivity index is 1.61. The predicted octanol–water partition coefficient (Wildman–Crippen LogP) is 0.707.